The summed E-state index contributed by atoms with van der Waals surface area (Å²) < 4.78 is 23.8. The van der Waals surface area contributed by atoms with Gasteiger partial charge in [-0.25, -0.2) is 9.37 Å². The Morgan fingerprint density at radius 1 is 1.40 bits per heavy atom. The molecular weight excluding hydrogens is 263 g/mol. The molecule has 2 rings (SSSR count). The molecule has 0 amide bonds. The van der Waals surface area contributed by atoms with Gasteiger partial charge in [0.15, 0.2) is 0 Å². The van der Waals surface area contributed by atoms with Gasteiger partial charge in [0.05, 0.1) is 30.9 Å². The minimum absolute atomic E-state index is 0.1000. The number of carbonyl (C=O) groups excluding carboxylic acids is 1. The minimum atomic E-state index is -0.484. The Bertz CT molecular complexity index is 631. The second-order valence-corrected chi connectivity index (χ2v) is 4.11. The highest BCUT2D eigenvalue weighted by molar-refractivity contribution is 5.79. The van der Waals surface area contributed by atoms with Gasteiger partial charge in [0.25, 0.3) is 0 Å². The monoisotopic (exact) mass is 278 g/mol. The summed E-state index contributed by atoms with van der Waals surface area (Å²) in [5, 5.41) is 0. The van der Waals surface area contributed by atoms with Crippen molar-refractivity contribution in [2.75, 3.05) is 13.7 Å². The van der Waals surface area contributed by atoms with Crippen molar-refractivity contribution in [1.29, 1.82) is 0 Å². The minimum Gasteiger partial charge on any atom is -0.481 e. The molecule has 0 N–H and O–H groups in total. The summed E-state index contributed by atoms with van der Waals surface area (Å²) in [6.45, 7) is 2.04. The van der Waals surface area contributed by atoms with E-state index in [0.717, 1.165) is 6.20 Å². The van der Waals surface area contributed by atoms with Crippen LogP contribution < -0.4 is 4.74 Å². The Balaban J connectivity index is 2.34. The Kier molecular flexibility index (Phi) is 4.45. The van der Waals surface area contributed by atoms with Gasteiger partial charge in [-0.05, 0) is 19.4 Å². The maximum atomic E-state index is 13.9. The Morgan fingerprint density at radius 3 is 2.90 bits per heavy atom. The zero-order valence-corrected chi connectivity index (χ0v) is 11.4. The molecule has 2 heterocycles. The SMILES string of the molecule is CCOC(=O)CCc1c(F)cnc2ccc(OC)nc12. The number of pyridine rings is 2. The number of rotatable bonds is 5. The highest BCUT2D eigenvalue weighted by Gasteiger charge is 2.13. The Hall–Kier alpha value is -2.24. The maximum Gasteiger partial charge on any atom is 0.306 e. The lowest BCUT2D eigenvalue weighted by Crippen LogP contribution is -2.07. The third kappa shape index (κ3) is 3.01. The first kappa shape index (κ1) is 14.2. The molecule has 0 spiro atoms. The highest BCUT2D eigenvalue weighted by Crippen LogP contribution is 2.22. The van der Waals surface area contributed by atoms with Crippen LogP contribution in [0.4, 0.5) is 4.39 Å². The van der Waals surface area contributed by atoms with Crippen molar-refractivity contribution in [2.24, 2.45) is 0 Å². The largest absolute Gasteiger partial charge is 0.481 e. The first-order chi connectivity index (χ1) is 9.65. The molecule has 5 nitrogen and oxygen atoms in total. The number of aromatic nitrogens is 2. The molecule has 0 bridgehead atoms. The summed E-state index contributed by atoms with van der Waals surface area (Å²) in [5.41, 5.74) is 1.32. The van der Waals surface area contributed by atoms with Crippen LogP contribution in [0.15, 0.2) is 18.3 Å². The smallest absolute Gasteiger partial charge is 0.306 e. The van der Waals surface area contributed by atoms with E-state index in [-0.39, 0.29) is 18.8 Å². The summed E-state index contributed by atoms with van der Waals surface area (Å²) in [4.78, 5) is 19.6. The van der Waals surface area contributed by atoms with E-state index in [9.17, 15) is 9.18 Å². The lowest BCUT2D eigenvalue weighted by atomic mass is 10.1. The molecule has 106 valence electrons. The van der Waals surface area contributed by atoms with Gasteiger partial charge >= 0.3 is 5.97 Å². The van der Waals surface area contributed by atoms with Crippen molar-refractivity contribution in [3.63, 3.8) is 0 Å². The molecule has 0 atom stereocenters. The average Bonchev–Trinajstić information content (AvgIpc) is 2.46. The number of esters is 1. The van der Waals surface area contributed by atoms with Crippen LogP contribution in [0.2, 0.25) is 0 Å². The molecule has 0 aromatic carbocycles. The molecule has 2 aromatic heterocycles. The molecule has 0 saturated carbocycles. The van der Waals surface area contributed by atoms with E-state index < -0.39 is 5.82 Å². The zero-order chi connectivity index (χ0) is 14.5. The topological polar surface area (TPSA) is 61.3 Å². The fourth-order valence-electron chi connectivity index (χ4n) is 1.89. The first-order valence-electron chi connectivity index (χ1n) is 6.29. The van der Waals surface area contributed by atoms with Gasteiger partial charge in [-0.3, -0.25) is 9.78 Å². The van der Waals surface area contributed by atoms with Gasteiger partial charge < -0.3 is 9.47 Å². The maximum absolute atomic E-state index is 13.9. The van der Waals surface area contributed by atoms with Gasteiger partial charge in [-0.15, -0.1) is 0 Å². The predicted octanol–water partition coefficient (Wildman–Crippen LogP) is 2.27. The molecule has 0 radical (unpaired) electrons. The summed E-state index contributed by atoms with van der Waals surface area (Å²) in [6.07, 6.45) is 1.45. The van der Waals surface area contributed by atoms with Gasteiger partial charge in [0.1, 0.15) is 5.82 Å². The fraction of sp³-hybridized carbons (Fsp3) is 0.357. The summed E-state index contributed by atoms with van der Waals surface area (Å²) >= 11 is 0. The molecule has 0 aliphatic carbocycles. The van der Waals surface area contributed by atoms with Crippen LogP contribution in [0.1, 0.15) is 18.9 Å². The van der Waals surface area contributed by atoms with Gasteiger partial charge in [-0.2, -0.15) is 0 Å². The van der Waals surface area contributed by atoms with E-state index in [1.807, 2.05) is 0 Å². The quantitative estimate of drug-likeness (QED) is 0.785. The molecule has 0 fully saturated rings. The van der Waals surface area contributed by atoms with E-state index in [1.54, 1.807) is 19.1 Å². The van der Waals surface area contributed by atoms with Crippen LogP contribution in [0, 0.1) is 5.82 Å². The van der Waals surface area contributed by atoms with Crippen molar-refractivity contribution < 1.29 is 18.7 Å². The van der Waals surface area contributed by atoms with Gasteiger partial charge in [0.2, 0.25) is 5.88 Å². The molecule has 0 saturated heterocycles. The lowest BCUT2D eigenvalue weighted by Gasteiger charge is -2.08. The average molecular weight is 278 g/mol. The first-order valence-corrected chi connectivity index (χ1v) is 6.29. The number of hydrogen-bond donors (Lipinski definition) is 0. The van der Waals surface area contributed by atoms with E-state index in [0.29, 0.717) is 29.1 Å². The van der Waals surface area contributed by atoms with Crippen molar-refractivity contribution in [3.8, 4) is 5.88 Å². The van der Waals surface area contributed by atoms with Crippen LogP contribution in [0.5, 0.6) is 5.88 Å². The van der Waals surface area contributed by atoms with Crippen LogP contribution in [-0.4, -0.2) is 29.7 Å². The normalized spacial score (nSPS) is 10.6. The lowest BCUT2D eigenvalue weighted by molar-refractivity contribution is -0.143. The molecule has 6 heteroatoms. The number of fused-ring (bicyclic) bond motifs is 1. The standard InChI is InChI=1S/C14H15FN2O3/c1-3-20-13(18)7-4-9-10(15)8-16-11-5-6-12(19-2)17-14(9)11/h5-6,8H,3-4,7H2,1-2H3. The highest BCUT2D eigenvalue weighted by atomic mass is 19.1. The Morgan fingerprint density at radius 2 is 2.20 bits per heavy atom. The Labute approximate surface area is 115 Å². The van der Waals surface area contributed by atoms with E-state index >= 15 is 0 Å². The molecular formula is C14H15FN2O3. The van der Waals surface area contributed by atoms with Gasteiger partial charge in [0, 0.05) is 18.1 Å². The number of methoxy groups -OCH3 is 1. The van der Waals surface area contributed by atoms with Gasteiger partial charge in [-0.1, -0.05) is 0 Å². The van der Waals surface area contributed by atoms with Crippen molar-refractivity contribution in [2.45, 2.75) is 19.8 Å². The zero-order valence-electron chi connectivity index (χ0n) is 11.4. The van der Waals surface area contributed by atoms with E-state index in [2.05, 4.69) is 9.97 Å². The number of aryl methyl sites for hydroxylation is 1. The molecule has 2 aromatic rings. The van der Waals surface area contributed by atoms with Crippen LogP contribution in [0.3, 0.4) is 0 Å². The van der Waals surface area contributed by atoms with Crippen molar-refractivity contribution in [1.82, 2.24) is 9.97 Å². The van der Waals surface area contributed by atoms with Crippen LogP contribution >= 0.6 is 0 Å². The summed E-state index contributed by atoms with van der Waals surface area (Å²) in [5.74, 6) is -0.468. The molecule has 0 aliphatic rings. The molecule has 0 unspecified atom stereocenters. The number of ether oxygens (including phenoxy) is 2. The fourth-order valence-corrected chi connectivity index (χ4v) is 1.89. The molecule has 0 aliphatic heterocycles. The number of hydrogen-bond acceptors (Lipinski definition) is 5. The van der Waals surface area contributed by atoms with Crippen molar-refractivity contribution >= 4 is 17.0 Å². The second-order valence-electron chi connectivity index (χ2n) is 4.11. The van der Waals surface area contributed by atoms with Crippen LogP contribution in [0.25, 0.3) is 11.0 Å². The summed E-state index contributed by atoms with van der Waals surface area (Å²) in [7, 11) is 1.49. The predicted molar refractivity (Wildman–Crippen MR) is 71.0 cm³/mol. The van der Waals surface area contributed by atoms with E-state index in [4.69, 9.17) is 9.47 Å². The number of halogens is 1. The number of carbonyl (C=O) groups is 1. The van der Waals surface area contributed by atoms with Crippen LogP contribution in [-0.2, 0) is 16.0 Å². The third-order valence-electron chi connectivity index (χ3n) is 2.83. The number of nitrogens with zero attached hydrogens (tertiary/aromatic N) is 2. The summed E-state index contributed by atoms with van der Waals surface area (Å²) in [6, 6.07) is 3.36. The van der Waals surface area contributed by atoms with E-state index in [1.165, 1.54) is 7.11 Å². The third-order valence-corrected chi connectivity index (χ3v) is 2.83. The van der Waals surface area contributed by atoms with Crippen molar-refractivity contribution in [3.05, 3.63) is 29.7 Å². The second kappa shape index (κ2) is 6.27. The molecule has 20 heavy (non-hydrogen) atoms.